The van der Waals surface area contributed by atoms with E-state index in [9.17, 15) is 0 Å². The van der Waals surface area contributed by atoms with Gasteiger partial charge in [-0.1, -0.05) is 0 Å². The fourth-order valence-corrected chi connectivity index (χ4v) is 3.29. The molecule has 1 heterocycles. The van der Waals surface area contributed by atoms with Crippen molar-refractivity contribution in [2.75, 3.05) is 20.1 Å². The Hall–Kier alpha value is 0.580. The lowest BCUT2D eigenvalue weighted by Crippen LogP contribution is -2.24. The van der Waals surface area contributed by atoms with Gasteiger partial charge in [-0.05, 0) is 45.0 Å². The normalized spacial score (nSPS) is 11.2. The number of halogens is 2. The van der Waals surface area contributed by atoms with Gasteiger partial charge in [0.15, 0.2) is 0 Å². The van der Waals surface area contributed by atoms with Gasteiger partial charge in [-0.2, -0.15) is 0 Å². The zero-order valence-electron chi connectivity index (χ0n) is 7.39. The number of likely N-dealkylation sites (N-methyl/N-ethyl adjacent to an activating group) is 1. The van der Waals surface area contributed by atoms with Crippen LogP contribution in [0, 0.1) is 0 Å². The highest BCUT2D eigenvalue weighted by atomic mass is 79.9. The summed E-state index contributed by atoms with van der Waals surface area (Å²) in [6.07, 6.45) is 0. The molecule has 0 spiro atoms. The van der Waals surface area contributed by atoms with Gasteiger partial charge in [0.25, 0.3) is 0 Å². The summed E-state index contributed by atoms with van der Waals surface area (Å²) >= 11 is 8.69. The second-order valence-corrected chi connectivity index (χ2v) is 6.17. The average Bonchev–Trinajstić information content (AvgIpc) is 2.31. The Morgan fingerprint density at radius 1 is 1.54 bits per heavy atom. The molecule has 0 atom stereocenters. The van der Waals surface area contributed by atoms with Crippen molar-refractivity contribution in [3.05, 3.63) is 19.2 Å². The molecule has 1 aromatic rings. The maximum atomic E-state index is 5.46. The molecule has 0 saturated heterocycles. The van der Waals surface area contributed by atoms with Crippen LogP contribution in [0.25, 0.3) is 0 Å². The van der Waals surface area contributed by atoms with E-state index in [1.54, 1.807) is 11.3 Å². The Morgan fingerprint density at radius 3 is 2.69 bits per heavy atom. The number of hydrogen-bond acceptors (Lipinski definition) is 3. The lowest BCUT2D eigenvalue weighted by molar-refractivity contribution is 0.339. The zero-order chi connectivity index (χ0) is 9.84. The average molecular weight is 328 g/mol. The summed E-state index contributed by atoms with van der Waals surface area (Å²) in [7, 11) is 2.08. The number of nitrogens with two attached hydrogens (primary N) is 1. The standard InChI is InChI=1S/C8H12Br2N2S/c1-12(3-2-11)5-6-4-7(9)8(10)13-6/h4H,2-3,5,11H2,1H3. The minimum absolute atomic E-state index is 0.713. The SMILES string of the molecule is CN(CCN)Cc1cc(Br)c(Br)s1. The molecule has 0 aliphatic rings. The number of hydrogen-bond donors (Lipinski definition) is 1. The first-order valence-electron chi connectivity index (χ1n) is 3.96. The molecule has 0 bridgehead atoms. The van der Waals surface area contributed by atoms with E-state index in [1.807, 2.05) is 0 Å². The van der Waals surface area contributed by atoms with Gasteiger partial charge in [-0.25, -0.2) is 0 Å². The topological polar surface area (TPSA) is 29.3 Å². The molecule has 74 valence electrons. The van der Waals surface area contributed by atoms with Crippen molar-refractivity contribution in [2.24, 2.45) is 5.73 Å². The summed E-state index contributed by atoms with van der Waals surface area (Å²) in [4.78, 5) is 3.56. The minimum Gasteiger partial charge on any atom is -0.329 e. The molecular formula is C8H12Br2N2S. The van der Waals surface area contributed by atoms with Crippen LogP contribution in [0.2, 0.25) is 0 Å². The molecule has 2 N–H and O–H groups in total. The van der Waals surface area contributed by atoms with Crippen LogP contribution in [-0.4, -0.2) is 25.0 Å². The zero-order valence-corrected chi connectivity index (χ0v) is 11.4. The van der Waals surface area contributed by atoms with Gasteiger partial charge in [-0.15, -0.1) is 11.3 Å². The van der Waals surface area contributed by atoms with Crippen molar-refractivity contribution in [3.8, 4) is 0 Å². The quantitative estimate of drug-likeness (QED) is 0.921. The van der Waals surface area contributed by atoms with Gasteiger partial charge >= 0.3 is 0 Å². The van der Waals surface area contributed by atoms with E-state index in [4.69, 9.17) is 5.73 Å². The Kier molecular flexibility index (Phi) is 4.89. The Morgan fingerprint density at radius 2 is 2.23 bits per heavy atom. The summed E-state index contributed by atoms with van der Waals surface area (Å²) in [5.41, 5.74) is 5.46. The predicted molar refractivity (Wildman–Crippen MR) is 65.1 cm³/mol. The molecule has 0 saturated carbocycles. The molecule has 0 aliphatic heterocycles. The van der Waals surface area contributed by atoms with E-state index in [1.165, 1.54) is 4.88 Å². The summed E-state index contributed by atoms with van der Waals surface area (Å²) in [6.45, 7) is 2.61. The van der Waals surface area contributed by atoms with Crippen LogP contribution < -0.4 is 5.73 Å². The van der Waals surface area contributed by atoms with Crippen LogP contribution in [0.5, 0.6) is 0 Å². The smallest absolute Gasteiger partial charge is 0.0843 e. The minimum atomic E-state index is 0.713. The molecule has 13 heavy (non-hydrogen) atoms. The first-order chi connectivity index (χ1) is 6.13. The monoisotopic (exact) mass is 326 g/mol. The molecule has 0 aromatic carbocycles. The third-order valence-corrected chi connectivity index (χ3v) is 4.87. The van der Waals surface area contributed by atoms with Crippen molar-refractivity contribution in [1.29, 1.82) is 0 Å². The fraction of sp³-hybridized carbons (Fsp3) is 0.500. The summed E-state index contributed by atoms with van der Waals surface area (Å²) in [6, 6.07) is 2.14. The molecule has 1 aromatic heterocycles. The lowest BCUT2D eigenvalue weighted by Gasteiger charge is -2.13. The van der Waals surface area contributed by atoms with E-state index in [-0.39, 0.29) is 0 Å². The summed E-state index contributed by atoms with van der Waals surface area (Å²) in [5, 5.41) is 0. The Balaban J connectivity index is 2.53. The molecule has 1 rings (SSSR count). The third-order valence-electron chi connectivity index (χ3n) is 1.63. The van der Waals surface area contributed by atoms with Crippen molar-refractivity contribution < 1.29 is 0 Å². The maximum Gasteiger partial charge on any atom is 0.0843 e. The van der Waals surface area contributed by atoms with Crippen LogP contribution in [-0.2, 0) is 6.54 Å². The molecule has 5 heteroatoms. The van der Waals surface area contributed by atoms with E-state index >= 15 is 0 Å². The highest BCUT2D eigenvalue weighted by molar-refractivity contribution is 9.13. The molecular weight excluding hydrogens is 316 g/mol. The summed E-state index contributed by atoms with van der Waals surface area (Å²) in [5.74, 6) is 0. The number of nitrogens with zero attached hydrogens (tertiary/aromatic N) is 1. The predicted octanol–water partition coefficient (Wildman–Crippen LogP) is 2.66. The van der Waals surface area contributed by atoms with Gasteiger partial charge in [0.05, 0.1) is 3.79 Å². The highest BCUT2D eigenvalue weighted by Gasteiger charge is 2.05. The van der Waals surface area contributed by atoms with Gasteiger partial charge in [0, 0.05) is 29.0 Å². The van der Waals surface area contributed by atoms with Crippen LogP contribution in [0.4, 0.5) is 0 Å². The highest BCUT2D eigenvalue weighted by Crippen LogP contribution is 2.32. The Labute approximate surface area is 99.4 Å². The van der Waals surface area contributed by atoms with E-state index < -0.39 is 0 Å². The van der Waals surface area contributed by atoms with E-state index in [2.05, 4.69) is 49.9 Å². The van der Waals surface area contributed by atoms with Crippen LogP contribution in [0.1, 0.15) is 4.88 Å². The fourth-order valence-electron chi connectivity index (χ4n) is 1.03. The molecule has 0 amide bonds. The van der Waals surface area contributed by atoms with Crippen LogP contribution in [0.15, 0.2) is 14.3 Å². The Bertz CT molecular complexity index is 256. The van der Waals surface area contributed by atoms with Crippen molar-refractivity contribution in [2.45, 2.75) is 6.54 Å². The molecule has 0 aliphatic carbocycles. The third kappa shape index (κ3) is 3.67. The molecule has 0 fully saturated rings. The number of thiophene rings is 1. The first-order valence-corrected chi connectivity index (χ1v) is 6.36. The second kappa shape index (κ2) is 5.46. The van der Waals surface area contributed by atoms with E-state index in [0.717, 1.165) is 21.3 Å². The van der Waals surface area contributed by atoms with Crippen molar-refractivity contribution in [1.82, 2.24) is 4.90 Å². The lowest BCUT2D eigenvalue weighted by atomic mass is 10.4. The van der Waals surface area contributed by atoms with E-state index in [0.29, 0.717) is 6.54 Å². The first kappa shape index (κ1) is 11.7. The van der Waals surface area contributed by atoms with Gasteiger partial charge in [-0.3, -0.25) is 0 Å². The molecule has 0 radical (unpaired) electrons. The largest absolute Gasteiger partial charge is 0.329 e. The second-order valence-electron chi connectivity index (χ2n) is 2.86. The van der Waals surface area contributed by atoms with Crippen molar-refractivity contribution >= 4 is 43.2 Å². The van der Waals surface area contributed by atoms with Gasteiger partial charge < -0.3 is 10.6 Å². The molecule has 2 nitrogen and oxygen atoms in total. The number of rotatable bonds is 4. The van der Waals surface area contributed by atoms with Gasteiger partial charge in [0.2, 0.25) is 0 Å². The summed E-state index contributed by atoms with van der Waals surface area (Å²) < 4.78 is 2.29. The molecule has 0 unspecified atom stereocenters. The van der Waals surface area contributed by atoms with Crippen LogP contribution >= 0.6 is 43.2 Å². The van der Waals surface area contributed by atoms with Gasteiger partial charge in [0.1, 0.15) is 0 Å². The van der Waals surface area contributed by atoms with Crippen LogP contribution in [0.3, 0.4) is 0 Å². The van der Waals surface area contributed by atoms with Crippen molar-refractivity contribution in [3.63, 3.8) is 0 Å². The maximum absolute atomic E-state index is 5.46.